The van der Waals surface area contributed by atoms with E-state index in [2.05, 4.69) is 37.3 Å². The number of hydrogen-bond acceptors (Lipinski definition) is 7. The van der Waals surface area contributed by atoms with E-state index in [4.69, 9.17) is 49.6 Å². The summed E-state index contributed by atoms with van der Waals surface area (Å²) in [5, 5.41) is 9.05. The van der Waals surface area contributed by atoms with Gasteiger partial charge in [-0.2, -0.15) is 5.10 Å². The summed E-state index contributed by atoms with van der Waals surface area (Å²) in [5.41, 5.74) is 1.84. The van der Waals surface area contributed by atoms with Crippen molar-refractivity contribution < 1.29 is 14.2 Å². The summed E-state index contributed by atoms with van der Waals surface area (Å²) < 4.78 is 20.3. The number of anilines is 1. The molecule has 2 aliphatic rings. The maximum Gasteiger partial charge on any atom is 0.217 e. The molecule has 5 rings (SSSR count). The van der Waals surface area contributed by atoms with E-state index < -0.39 is 5.79 Å². The Hall–Kier alpha value is -2.63. The molecule has 196 valence electrons. The third-order valence-corrected chi connectivity index (χ3v) is 7.47. The molecule has 0 radical (unpaired) electrons. The van der Waals surface area contributed by atoms with Gasteiger partial charge in [0.2, 0.25) is 5.79 Å². The molecule has 9 nitrogen and oxygen atoms in total. The second-order valence-corrected chi connectivity index (χ2v) is 10.1. The van der Waals surface area contributed by atoms with Crippen LogP contribution in [-0.2, 0) is 21.8 Å². The van der Waals surface area contributed by atoms with Crippen LogP contribution < -0.4 is 15.0 Å². The molecule has 0 amide bonds. The summed E-state index contributed by atoms with van der Waals surface area (Å²) in [7, 11) is 1.86. The fourth-order valence-electron chi connectivity index (χ4n) is 4.55. The lowest BCUT2D eigenvalue weighted by Gasteiger charge is -2.37. The average molecular weight is 564 g/mol. The lowest BCUT2D eigenvalue weighted by Crippen LogP contribution is -2.51. The maximum atomic E-state index is 6.53. The van der Waals surface area contributed by atoms with Crippen molar-refractivity contribution in [2.45, 2.75) is 18.4 Å². The maximum absolute atomic E-state index is 6.53. The molecule has 3 aromatic rings. The second kappa shape index (κ2) is 11.4. The molecule has 0 saturated carbocycles. The van der Waals surface area contributed by atoms with Gasteiger partial charge in [0.15, 0.2) is 5.11 Å². The van der Waals surface area contributed by atoms with Crippen LogP contribution in [0.2, 0.25) is 10.0 Å². The highest BCUT2D eigenvalue weighted by molar-refractivity contribution is 7.80. The minimum absolute atomic E-state index is 0.284. The molecule has 0 unspecified atom stereocenters. The van der Waals surface area contributed by atoms with E-state index in [1.807, 2.05) is 25.2 Å². The zero-order chi connectivity index (χ0) is 25.8. The Kier molecular flexibility index (Phi) is 8.01. The molecule has 2 aromatic carbocycles. The van der Waals surface area contributed by atoms with Gasteiger partial charge in [0.25, 0.3) is 0 Å². The fraction of sp³-hybridized carbons (Fsp3) is 0.400. The highest BCUT2D eigenvalue weighted by atomic mass is 35.5. The number of ether oxygens (including phenoxy) is 3. The number of piperazine rings is 1. The van der Waals surface area contributed by atoms with E-state index >= 15 is 0 Å². The topological polar surface area (TPSA) is 76.9 Å². The summed E-state index contributed by atoms with van der Waals surface area (Å²) in [4.78, 5) is 8.56. The number of aromatic nitrogens is 3. The zero-order valence-electron chi connectivity index (χ0n) is 20.3. The third kappa shape index (κ3) is 5.94. The molecule has 3 heterocycles. The van der Waals surface area contributed by atoms with Gasteiger partial charge in [-0.05, 0) is 48.6 Å². The first-order chi connectivity index (χ1) is 18.0. The number of rotatable bonds is 7. The van der Waals surface area contributed by atoms with Crippen LogP contribution in [0.15, 0.2) is 55.1 Å². The lowest BCUT2D eigenvalue weighted by molar-refractivity contribution is -0.190. The van der Waals surface area contributed by atoms with Gasteiger partial charge in [-0.15, -0.1) is 0 Å². The second-order valence-electron chi connectivity index (χ2n) is 8.86. The fourth-order valence-corrected chi connectivity index (χ4v) is 5.29. The predicted molar refractivity (Wildman–Crippen MR) is 146 cm³/mol. The van der Waals surface area contributed by atoms with E-state index in [0.29, 0.717) is 28.8 Å². The first-order valence-electron chi connectivity index (χ1n) is 12.0. The van der Waals surface area contributed by atoms with Crippen molar-refractivity contribution in [3.8, 4) is 5.75 Å². The Balaban J connectivity index is 1.20. The van der Waals surface area contributed by atoms with E-state index in [1.54, 1.807) is 23.1 Å². The Morgan fingerprint density at radius 2 is 1.95 bits per heavy atom. The molecule has 0 aliphatic carbocycles. The van der Waals surface area contributed by atoms with Gasteiger partial charge >= 0.3 is 0 Å². The zero-order valence-corrected chi connectivity index (χ0v) is 22.7. The Morgan fingerprint density at radius 1 is 1.16 bits per heavy atom. The van der Waals surface area contributed by atoms with Crippen molar-refractivity contribution in [2.24, 2.45) is 0 Å². The Morgan fingerprint density at radius 3 is 2.62 bits per heavy atom. The number of thiocarbonyl (C=S) groups is 1. The van der Waals surface area contributed by atoms with Gasteiger partial charge in [-0.25, -0.2) is 9.67 Å². The largest absolute Gasteiger partial charge is 0.491 e. The van der Waals surface area contributed by atoms with E-state index in [1.165, 1.54) is 6.33 Å². The summed E-state index contributed by atoms with van der Waals surface area (Å²) >= 11 is 18.0. The van der Waals surface area contributed by atoms with E-state index in [0.717, 1.165) is 42.7 Å². The van der Waals surface area contributed by atoms with Crippen LogP contribution >= 0.6 is 35.4 Å². The van der Waals surface area contributed by atoms with Gasteiger partial charge in [-0.1, -0.05) is 29.3 Å². The van der Waals surface area contributed by atoms with Crippen molar-refractivity contribution in [1.29, 1.82) is 0 Å². The van der Waals surface area contributed by atoms with Gasteiger partial charge < -0.3 is 29.3 Å². The van der Waals surface area contributed by atoms with Gasteiger partial charge in [0, 0.05) is 49.5 Å². The molecule has 2 atom stereocenters. The standard InChI is InChI=1S/C25H28Cl2N6O3S/c1-28-24(37)32-10-8-31(9-11-32)19-3-5-20(6-4-19)34-13-21-14-35-25(36-21,15-33-17-29-16-30-33)22-7-2-18(26)12-23(22)27/h2-7,12,16-17,21H,8-11,13-15H2,1H3,(H,28,37)/t21-,25-/m1/s1. The average Bonchev–Trinajstić information content (AvgIpc) is 3.58. The van der Waals surface area contributed by atoms with E-state index in [-0.39, 0.29) is 12.6 Å². The summed E-state index contributed by atoms with van der Waals surface area (Å²) in [6.07, 6.45) is 2.77. The number of halogens is 2. The monoisotopic (exact) mass is 562 g/mol. The Labute approximate surface area is 231 Å². The summed E-state index contributed by atoms with van der Waals surface area (Å²) in [6, 6.07) is 13.4. The molecule has 1 aromatic heterocycles. The summed E-state index contributed by atoms with van der Waals surface area (Å²) in [5.74, 6) is -0.369. The van der Waals surface area contributed by atoms with Crippen molar-refractivity contribution in [2.75, 3.05) is 51.3 Å². The number of hydrogen-bond donors (Lipinski definition) is 1. The minimum Gasteiger partial charge on any atom is -0.491 e. The summed E-state index contributed by atoms with van der Waals surface area (Å²) in [6.45, 7) is 4.56. The molecular weight excluding hydrogens is 535 g/mol. The number of nitrogens with zero attached hydrogens (tertiary/aromatic N) is 5. The predicted octanol–water partition coefficient (Wildman–Crippen LogP) is 3.56. The molecule has 0 spiro atoms. The third-order valence-electron chi connectivity index (χ3n) is 6.46. The molecule has 37 heavy (non-hydrogen) atoms. The molecule has 2 saturated heterocycles. The van der Waals surface area contributed by atoms with Crippen molar-refractivity contribution in [3.05, 3.63) is 70.7 Å². The minimum atomic E-state index is -1.13. The molecule has 1 N–H and O–H groups in total. The first kappa shape index (κ1) is 26.0. The first-order valence-corrected chi connectivity index (χ1v) is 13.2. The van der Waals surface area contributed by atoms with Crippen LogP contribution in [0.4, 0.5) is 5.69 Å². The molecule has 0 bridgehead atoms. The van der Waals surface area contributed by atoms with Crippen LogP contribution in [0.3, 0.4) is 0 Å². The van der Waals surface area contributed by atoms with E-state index in [9.17, 15) is 0 Å². The van der Waals surface area contributed by atoms with Crippen molar-refractivity contribution >= 4 is 46.2 Å². The molecule has 2 aliphatic heterocycles. The Bertz CT molecular complexity index is 1210. The SMILES string of the molecule is CNC(=S)N1CCN(c2ccc(OC[C@@H]3CO[C@@](Cn4cncn4)(c4ccc(Cl)cc4Cl)O3)cc2)CC1. The molecule has 2 fully saturated rings. The molecular formula is C25H28Cl2N6O3S. The van der Waals surface area contributed by atoms with Crippen LogP contribution in [-0.4, -0.2) is 77.3 Å². The quantitative estimate of drug-likeness (QED) is 0.435. The van der Waals surface area contributed by atoms with Gasteiger partial charge in [-0.3, -0.25) is 0 Å². The highest BCUT2D eigenvalue weighted by Gasteiger charge is 2.45. The number of nitrogens with one attached hydrogen (secondary N) is 1. The van der Waals surface area contributed by atoms with Crippen molar-refractivity contribution in [1.82, 2.24) is 25.0 Å². The smallest absolute Gasteiger partial charge is 0.217 e. The van der Waals surface area contributed by atoms with Gasteiger partial charge in [0.1, 0.15) is 37.7 Å². The van der Waals surface area contributed by atoms with Crippen LogP contribution in [0.1, 0.15) is 5.56 Å². The van der Waals surface area contributed by atoms with Gasteiger partial charge in [0.05, 0.1) is 11.6 Å². The molecule has 12 heteroatoms. The van der Waals surface area contributed by atoms with Crippen molar-refractivity contribution in [3.63, 3.8) is 0 Å². The highest BCUT2D eigenvalue weighted by Crippen LogP contribution is 2.40. The number of benzene rings is 2. The van der Waals surface area contributed by atoms with Crippen LogP contribution in [0.5, 0.6) is 5.75 Å². The van der Waals surface area contributed by atoms with Crippen LogP contribution in [0, 0.1) is 0 Å². The van der Waals surface area contributed by atoms with Crippen LogP contribution in [0.25, 0.3) is 0 Å². The lowest BCUT2D eigenvalue weighted by atomic mass is 10.1. The normalized spacial score (nSPS) is 21.8.